The van der Waals surface area contributed by atoms with Crippen LogP contribution in [0.15, 0.2) is 64.0 Å². The highest BCUT2D eigenvalue weighted by atomic mass is 32.2. The Morgan fingerprint density at radius 1 is 1.08 bits per heavy atom. The zero-order valence-electron chi connectivity index (χ0n) is 14.0. The molecule has 0 aliphatic heterocycles. The van der Waals surface area contributed by atoms with E-state index in [0.717, 1.165) is 11.3 Å². The summed E-state index contributed by atoms with van der Waals surface area (Å²) in [6.07, 6.45) is 1.65. The number of guanidine groups is 1. The second kappa shape index (κ2) is 7.81. The molecule has 0 bridgehead atoms. The van der Waals surface area contributed by atoms with Crippen molar-refractivity contribution in [1.82, 2.24) is 0 Å². The lowest BCUT2D eigenvalue weighted by atomic mass is 10.1. The van der Waals surface area contributed by atoms with Gasteiger partial charge in [-0.1, -0.05) is 18.2 Å². The molecule has 9 heteroatoms. The topological polar surface area (TPSA) is 154 Å². The minimum absolute atomic E-state index is 0.0240. The Balaban J connectivity index is 2.16. The molecule has 0 radical (unpaired) electrons. The van der Waals surface area contributed by atoms with Gasteiger partial charge in [0.05, 0.1) is 4.90 Å². The molecule has 136 valence electrons. The molecule has 0 saturated carbocycles. The summed E-state index contributed by atoms with van der Waals surface area (Å²) in [6, 6.07) is 13.3. The van der Waals surface area contributed by atoms with E-state index in [9.17, 15) is 13.2 Å². The highest BCUT2D eigenvalue weighted by molar-refractivity contribution is 7.89. The summed E-state index contributed by atoms with van der Waals surface area (Å²) in [7, 11) is -3.76. The molecule has 2 rings (SSSR count). The molecule has 0 aromatic heterocycles. The molecule has 26 heavy (non-hydrogen) atoms. The number of nitrogens with one attached hydrogen (secondary N) is 1. The number of benzene rings is 2. The third-order valence-electron chi connectivity index (χ3n) is 3.31. The standard InChI is InChI=1S/C17H19N5O3S/c1-11(16(23)22-17(18)19)9-12-5-7-13(8-6-12)21-14-3-2-4-15(10-14)26(20,24)25/h2-10,21H,1H3,(H2,20,24,25)(H4,18,19,22,23). The molecule has 0 spiro atoms. The first kappa shape index (κ1) is 19.2. The van der Waals surface area contributed by atoms with Gasteiger partial charge in [-0.25, -0.2) is 13.6 Å². The number of nitrogens with two attached hydrogens (primary N) is 3. The Morgan fingerprint density at radius 3 is 2.31 bits per heavy atom. The van der Waals surface area contributed by atoms with Crippen LogP contribution in [-0.2, 0) is 14.8 Å². The minimum atomic E-state index is -3.76. The number of nitrogens with zero attached hydrogens (tertiary/aromatic N) is 1. The number of aliphatic imine (C=N–C) groups is 1. The molecule has 7 N–H and O–H groups in total. The first-order valence-electron chi connectivity index (χ1n) is 7.47. The van der Waals surface area contributed by atoms with E-state index in [-0.39, 0.29) is 10.9 Å². The number of rotatable bonds is 5. The fourth-order valence-electron chi connectivity index (χ4n) is 2.10. The maximum Gasteiger partial charge on any atom is 0.275 e. The van der Waals surface area contributed by atoms with Crippen LogP contribution in [0.25, 0.3) is 6.08 Å². The van der Waals surface area contributed by atoms with Crippen LogP contribution in [0.3, 0.4) is 0 Å². The van der Waals surface area contributed by atoms with Crippen LogP contribution in [0, 0.1) is 0 Å². The summed E-state index contributed by atoms with van der Waals surface area (Å²) < 4.78 is 22.8. The summed E-state index contributed by atoms with van der Waals surface area (Å²) in [5, 5.41) is 8.21. The van der Waals surface area contributed by atoms with Crippen LogP contribution < -0.4 is 21.9 Å². The molecule has 0 unspecified atom stereocenters. The van der Waals surface area contributed by atoms with Crippen LogP contribution in [-0.4, -0.2) is 20.3 Å². The van der Waals surface area contributed by atoms with E-state index < -0.39 is 15.9 Å². The average molecular weight is 373 g/mol. The van der Waals surface area contributed by atoms with E-state index >= 15 is 0 Å². The quantitative estimate of drug-likeness (QED) is 0.352. The van der Waals surface area contributed by atoms with E-state index in [1.54, 1.807) is 49.4 Å². The van der Waals surface area contributed by atoms with Crippen molar-refractivity contribution in [2.75, 3.05) is 5.32 Å². The number of primary sulfonamides is 1. The first-order valence-corrected chi connectivity index (χ1v) is 9.02. The van der Waals surface area contributed by atoms with E-state index in [4.69, 9.17) is 16.6 Å². The van der Waals surface area contributed by atoms with Crippen molar-refractivity contribution in [1.29, 1.82) is 0 Å². The summed E-state index contributed by atoms with van der Waals surface area (Å²) in [5.74, 6) is -0.795. The molecule has 0 fully saturated rings. The number of sulfonamides is 1. The molecule has 2 aromatic rings. The van der Waals surface area contributed by atoms with Crippen molar-refractivity contribution in [3.8, 4) is 0 Å². The van der Waals surface area contributed by atoms with Gasteiger partial charge in [-0.05, 0) is 48.9 Å². The normalized spacial score (nSPS) is 11.7. The fourth-order valence-corrected chi connectivity index (χ4v) is 2.66. The highest BCUT2D eigenvalue weighted by Gasteiger charge is 2.08. The number of carbonyl (C=O) groups excluding carboxylic acids is 1. The molecule has 0 aliphatic rings. The lowest BCUT2D eigenvalue weighted by Crippen LogP contribution is -2.24. The SMILES string of the molecule is CC(=Cc1ccc(Nc2cccc(S(N)(=O)=O)c2)cc1)C(=O)N=C(N)N. The van der Waals surface area contributed by atoms with Gasteiger partial charge in [0, 0.05) is 16.9 Å². The number of hydrogen-bond donors (Lipinski definition) is 4. The van der Waals surface area contributed by atoms with Crippen molar-refractivity contribution in [2.45, 2.75) is 11.8 Å². The van der Waals surface area contributed by atoms with Gasteiger partial charge in [0.2, 0.25) is 10.0 Å². The van der Waals surface area contributed by atoms with Gasteiger partial charge in [0.15, 0.2) is 5.96 Å². The van der Waals surface area contributed by atoms with Gasteiger partial charge in [-0.3, -0.25) is 4.79 Å². The highest BCUT2D eigenvalue weighted by Crippen LogP contribution is 2.20. The molecule has 1 amide bonds. The lowest BCUT2D eigenvalue weighted by Gasteiger charge is -2.08. The van der Waals surface area contributed by atoms with Crippen molar-refractivity contribution < 1.29 is 13.2 Å². The summed E-state index contributed by atoms with van der Waals surface area (Å²) in [6.45, 7) is 1.61. The maximum atomic E-state index is 11.7. The Hall–Kier alpha value is -3.17. The molecule has 0 atom stereocenters. The summed E-state index contributed by atoms with van der Waals surface area (Å²) >= 11 is 0. The third kappa shape index (κ3) is 5.43. The molecule has 8 nitrogen and oxygen atoms in total. The molecular weight excluding hydrogens is 354 g/mol. The molecule has 0 heterocycles. The third-order valence-corrected chi connectivity index (χ3v) is 4.22. The van der Waals surface area contributed by atoms with Crippen molar-refractivity contribution in [3.63, 3.8) is 0 Å². The van der Waals surface area contributed by atoms with E-state index in [2.05, 4.69) is 10.3 Å². The second-order valence-corrected chi connectivity index (χ2v) is 7.05. The molecular formula is C17H19N5O3S. The molecule has 2 aromatic carbocycles. The average Bonchev–Trinajstić information content (AvgIpc) is 2.55. The zero-order chi connectivity index (χ0) is 19.3. The zero-order valence-corrected chi connectivity index (χ0v) is 14.8. The second-order valence-electron chi connectivity index (χ2n) is 5.49. The van der Waals surface area contributed by atoms with Gasteiger partial charge < -0.3 is 16.8 Å². The predicted molar refractivity (Wildman–Crippen MR) is 102 cm³/mol. The smallest absolute Gasteiger partial charge is 0.275 e. The summed E-state index contributed by atoms with van der Waals surface area (Å²) in [5.41, 5.74) is 12.9. The largest absolute Gasteiger partial charge is 0.370 e. The van der Waals surface area contributed by atoms with Crippen LogP contribution in [0.4, 0.5) is 11.4 Å². The van der Waals surface area contributed by atoms with E-state index in [1.165, 1.54) is 12.1 Å². The van der Waals surface area contributed by atoms with Gasteiger partial charge in [-0.15, -0.1) is 0 Å². The Labute approximate surface area is 151 Å². The van der Waals surface area contributed by atoms with Crippen LogP contribution in [0.1, 0.15) is 12.5 Å². The first-order chi connectivity index (χ1) is 12.1. The Bertz CT molecular complexity index is 976. The van der Waals surface area contributed by atoms with Gasteiger partial charge in [0.1, 0.15) is 0 Å². The van der Waals surface area contributed by atoms with Crippen LogP contribution >= 0.6 is 0 Å². The van der Waals surface area contributed by atoms with Crippen LogP contribution in [0.2, 0.25) is 0 Å². The maximum absolute atomic E-state index is 11.7. The van der Waals surface area contributed by atoms with Gasteiger partial charge in [0.25, 0.3) is 5.91 Å². The van der Waals surface area contributed by atoms with Crippen molar-refractivity contribution in [3.05, 3.63) is 59.7 Å². The fraction of sp³-hybridized carbons (Fsp3) is 0.0588. The van der Waals surface area contributed by atoms with Gasteiger partial charge in [-0.2, -0.15) is 4.99 Å². The monoisotopic (exact) mass is 373 g/mol. The van der Waals surface area contributed by atoms with Crippen molar-refractivity contribution >= 4 is 39.3 Å². The van der Waals surface area contributed by atoms with Gasteiger partial charge >= 0.3 is 0 Å². The number of amides is 1. The minimum Gasteiger partial charge on any atom is -0.370 e. The van der Waals surface area contributed by atoms with Crippen LogP contribution in [0.5, 0.6) is 0 Å². The molecule has 0 aliphatic carbocycles. The lowest BCUT2D eigenvalue weighted by molar-refractivity contribution is -0.114. The Kier molecular flexibility index (Phi) is 5.75. The predicted octanol–water partition coefficient (Wildman–Crippen LogP) is 1.28. The number of carbonyl (C=O) groups is 1. The summed E-state index contributed by atoms with van der Waals surface area (Å²) in [4.78, 5) is 15.2. The van der Waals surface area contributed by atoms with Crippen molar-refractivity contribution in [2.24, 2.45) is 21.6 Å². The van der Waals surface area contributed by atoms with E-state index in [1.807, 2.05) is 0 Å². The molecule has 0 saturated heterocycles. The van der Waals surface area contributed by atoms with E-state index in [0.29, 0.717) is 11.3 Å². The number of hydrogen-bond acceptors (Lipinski definition) is 4. The Morgan fingerprint density at radius 2 is 1.73 bits per heavy atom. The number of anilines is 2.